The first-order valence-corrected chi connectivity index (χ1v) is 8.46. The Balaban J connectivity index is 0.00000484. The Labute approximate surface area is 158 Å². The molecule has 2 unspecified atom stereocenters. The molecule has 2 N–H and O–H groups in total. The summed E-state index contributed by atoms with van der Waals surface area (Å²) >= 11 is 0. The fourth-order valence-corrected chi connectivity index (χ4v) is 2.53. The summed E-state index contributed by atoms with van der Waals surface area (Å²) in [6.07, 6.45) is 3.52. The van der Waals surface area contributed by atoms with E-state index in [2.05, 4.69) is 41.3 Å². The summed E-state index contributed by atoms with van der Waals surface area (Å²) in [6, 6.07) is 0.907. The van der Waals surface area contributed by atoms with Crippen LogP contribution in [-0.4, -0.2) is 74.0 Å². The fraction of sp³-hybridized carbons (Fsp3) is 0.875. The van der Waals surface area contributed by atoms with E-state index in [0.29, 0.717) is 12.1 Å². The number of likely N-dealkylation sites (tertiary alicyclic amines) is 1. The lowest BCUT2D eigenvalue weighted by atomic mass is 10.2. The molecule has 0 spiro atoms. The van der Waals surface area contributed by atoms with Gasteiger partial charge in [0.1, 0.15) is 6.54 Å². The third-order valence-electron chi connectivity index (χ3n) is 4.28. The number of carbonyl (C=O) groups excluding carboxylic acids is 1. The van der Waals surface area contributed by atoms with Crippen molar-refractivity contribution in [1.82, 2.24) is 20.4 Å². The zero-order valence-electron chi connectivity index (χ0n) is 15.3. The third kappa shape index (κ3) is 8.19. The summed E-state index contributed by atoms with van der Waals surface area (Å²) in [4.78, 5) is 20.2. The van der Waals surface area contributed by atoms with Crippen LogP contribution in [0.4, 0.5) is 0 Å². The molecule has 0 aromatic carbocycles. The Morgan fingerprint density at radius 3 is 2.65 bits per heavy atom. The van der Waals surface area contributed by atoms with Crippen LogP contribution in [0.1, 0.15) is 40.0 Å². The topological polar surface area (TPSA) is 60.0 Å². The minimum absolute atomic E-state index is 0. The molecule has 23 heavy (non-hydrogen) atoms. The Bertz CT molecular complexity index is 375. The highest BCUT2D eigenvalue weighted by Crippen LogP contribution is 2.15. The van der Waals surface area contributed by atoms with Crippen molar-refractivity contribution in [2.45, 2.75) is 52.1 Å². The Kier molecular flexibility index (Phi) is 11.6. The van der Waals surface area contributed by atoms with Gasteiger partial charge in [0.25, 0.3) is 0 Å². The molecule has 0 aromatic heterocycles. The zero-order chi connectivity index (χ0) is 16.5. The van der Waals surface area contributed by atoms with Crippen molar-refractivity contribution in [3.05, 3.63) is 0 Å². The van der Waals surface area contributed by atoms with Crippen LogP contribution in [0.15, 0.2) is 4.99 Å². The molecule has 1 amide bonds. The molecule has 7 heteroatoms. The number of aliphatic imine (C=N–C) groups is 1. The van der Waals surface area contributed by atoms with Gasteiger partial charge >= 0.3 is 0 Å². The number of rotatable bonds is 7. The maximum absolute atomic E-state index is 11.7. The number of hydrogen-bond acceptors (Lipinski definition) is 3. The van der Waals surface area contributed by atoms with E-state index < -0.39 is 0 Å². The second-order valence-corrected chi connectivity index (χ2v) is 6.21. The molecule has 0 radical (unpaired) electrons. The van der Waals surface area contributed by atoms with Crippen molar-refractivity contribution in [2.75, 3.05) is 40.3 Å². The van der Waals surface area contributed by atoms with E-state index in [1.54, 1.807) is 19.0 Å². The van der Waals surface area contributed by atoms with Crippen molar-refractivity contribution in [2.24, 2.45) is 4.99 Å². The number of nitrogens with one attached hydrogen (secondary N) is 2. The molecule has 2 atom stereocenters. The molecule has 136 valence electrons. The SMILES string of the molecule is CCC(C)NC(=NCC(=O)N(C)C)NCC1CCCN1CC.I. The molecular weight excluding hydrogens is 405 g/mol. The summed E-state index contributed by atoms with van der Waals surface area (Å²) < 4.78 is 0. The first-order chi connectivity index (χ1) is 10.5. The van der Waals surface area contributed by atoms with Crippen LogP contribution >= 0.6 is 24.0 Å². The van der Waals surface area contributed by atoms with Crippen molar-refractivity contribution in [3.63, 3.8) is 0 Å². The number of guanidine groups is 1. The molecule has 0 aliphatic carbocycles. The molecule has 1 aliphatic rings. The first-order valence-electron chi connectivity index (χ1n) is 8.46. The maximum Gasteiger partial charge on any atom is 0.243 e. The number of hydrogen-bond donors (Lipinski definition) is 2. The van der Waals surface area contributed by atoms with Gasteiger partial charge < -0.3 is 15.5 Å². The lowest BCUT2D eigenvalue weighted by Crippen LogP contribution is -2.47. The van der Waals surface area contributed by atoms with E-state index in [4.69, 9.17) is 0 Å². The highest BCUT2D eigenvalue weighted by atomic mass is 127. The normalized spacial score (nSPS) is 19.9. The largest absolute Gasteiger partial charge is 0.355 e. The van der Waals surface area contributed by atoms with Crippen LogP contribution < -0.4 is 10.6 Å². The van der Waals surface area contributed by atoms with Crippen LogP contribution in [0.25, 0.3) is 0 Å². The van der Waals surface area contributed by atoms with E-state index in [1.165, 1.54) is 19.4 Å². The Morgan fingerprint density at radius 2 is 2.09 bits per heavy atom. The van der Waals surface area contributed by atoms with Gasteiger partial charge in [0.05, 0.1) is 0 Å². The van der Waals surface area contributed by atoms with Crippen LogP contribution in [0.2, 0.25) is 0 Å². The second-order valence-electron chi connectivity index (χ2n) is 6.21. The molecular formula is C16H34IN5O. The quantitative estimate of drug-likeness (QED) is 0.359. The van der Waals surface area contributed by atoms with Gasteiger partial charge in [-0.05, 0) is 39.3 Å². The van der Waals surface area contributed by atoms with Gasteiger partial charge in [-0.25, -0.2) is 4.99 Å². The molecule has 0 saturated carbocycles. The average Bonchev–Trinajstić information content (AvgIpc) is 2.96. The molecule has 0 aromatic rings. The molecule has 1 rings (SSSR count). The average molecular weight is 439 g/mol. The van der Waals surface area contributed by atoms with Crippen LogP contribution in [0.5, 0.6) is 0 Å². The fourth-order valence-electron chi connectivity index (χ4n) is 2.53. The molecule has 0 bridgehead atoms. The van der Waals surface area contributed by atoms with E-state index in [-0.39, 0.29) is 36.4 Å². The third-order valence-corrected chi connectivity index (χ3v) is 4.28. The zero-order valence-corrected chi connectivity index (χ0v) is 17.6. The second kappa shape index (κ2) is 11.9. The molecule has 1 fully saturated rings. The molecule has 6 nitrogen and oxygen atoms in total. The van der Waals surface area contributed by atoms with Gasteiger partial charge in [0.15, 0.2) is 5.96 Å². The van der Waals surface area contributed by atoms with Crippen molar-refractivity contribution >= 4 is 35.8 Å². The van der Waals surface area contributed by atoms with E-state index in [1.807, 2.05) is 0 Å². The smallest absolute Gasteiger partial charge is 0.243 e. The van der Waals surface area contributed by atoms with Crippen molar-refractivity contribution in [1.29, 1.82) is 0 Å². The summed E-state index contributed by atoms with van der Waals surface area (Å²) in [5.74, 6) is 0.758. The van der Waals surface area contributed by atoms with E-state index >= 15 is 0 Å². The molecule has 1 aliphatic heterocycles. The monoisotopic (exact) mass is 439 g/mol. The molecule has 1 heterocycles. The number of likely N-dealkylation sites (N-methyl/N-ethyl adjacent to an activating group) is 2. The van der Waals surface area contributed by atoms with Crippen molar-refractivity contribution in [3.8, 4) is 0 Å². The maximum atomic E-state index is 11.7. The van der Waals surface area contributed by atoms with Gasteiger partial charge in [-0.1, -0.05) is 13.8 Å². The first kappa shape index (κ1) is 22.4. The number of amides is 1. The van der Waals surface area contributed by atoms with E-state index in [9.17, 15) is 4.79 Å². The van der Waals surface area contributed by atoms with Gasteiger partial charge in [-0.15, -0.1) is 24.0 Å². The van der Waals surface area contributed by atoms with Crippen LogP contribution in [-0.2, 0) is 4.79 Å². The van der Waals surface area contributed by atoms with E-state index in [0.717, 1.165) is 25.5 Å². The van der Waals surface area contributed by atoms with Gasteiger partial charge in [0, 0.05) is 32.7 Å². The minimum atomic E-state index is 0. The predicted octanol–water partition coefficient (Wildman–Crippen LogP) is 1.51. The van der Waals surface area contributed by atoms with Crippen LogP contribution in [0, 0.1) is 0 Å². The van der Waals surface area contributed by atoms with Crippen LogP contribution in [0.3, 0.4) is 0 Å². The van der Waals surface area contributed by atoms with Gasteiger partial charge in [-0.3, -0.25) is 9.69 Å². The number of halogens is 1. The standard InChI is InChI=1S/C16H33N5O.HI/c1-6-13(3)19-16(18-12-15(22)20(4)5)17-11-14-9-8-10-21(14)7-2;/h13-14H,6-12H2,1-5H3,(H2,17,18,19);1H. The Morgan fingerprint density at radius 1 is 1.39 bits per heavy atom. The number of nitrogens with zero attached hydrogens (tertiary/aromatic N) is 3. The molecule has 1 saturated heterocycles. The van der Waals surface area contributed by atoms with Gasteiger partial charge in [-0.2, -0.15) is 0 Å². The number of carbonyl (C=O) groups is 1. The lowest BCUT2D eigenvalue weighted by molar-refractivity contribution is -0.127. The predicted molar refractivity (Wildman–Crippen MR) is 108 cm³/mol. The lowest BCUT2D eigenvalue weighted by Gasteiger charge is -2.25. The summed E-state index contributed by atoms with van der Waals surface area (Å²) in [5, 5.41) is 6.78. The minimum Gasteiger partial charge on any atom is -0.355 e. The summed E-state index contributed by atoms with van der Waals surface area (Å²) in [5.41, 5.74) is 0. The summed E-state index contributed by atoms with van der Waals surface area (Å²) in [7, 11) is 3.51. The Hall–Kier alpha value is -0.570. The summed E-state index contributed by atoms with van der Waals surface area (Å²) in [6.45, 7) is 9.81. The highest BCUT2D eigenvalue weighted by Gasteiger charge is 2.23. The van der Waals surface area contributed by atoms with Gasteiger partial charge in [0.2, 0.25) is 5.91 Å². The highest BCUT2D eigenvalue weighted by molar-refractivity contribution is 14.0. The van der Waals surface area contributed by atoms with Crippen molar-refractivity contribution < 1.29 is 4.79 Å².